The molecule has 1 fully saturated rings. The standard InChI is InChI=1S/C23H22F2N2O5S/c1-3-9-32-18-8-5-14(10-19(18)31-4-2)11-20-22(29)27(23(30)33-20)13-21(28)26-17-7-6-15(24)12-16(17)25/h5-8,10-12H,3-4,9,13H2,1-2H3,(H,26,28). The van der Waals surface area contributed by atoms with Crippen LogP contribution in [0, 0.1) is 11.6 Å². The number of halogens is 2. The van der Waals surface area contributed by atoms with Gasteiger partial charge in [0.1, 0.15) is 18.2 Å². The van der Waals surface area contributed by atoms with Crippen LogP contribution in [0.15, 0.2) is 41.3 Å². The normalized spacial score (nSPS) is 14.7. The quantitative estimate of drug-likeness (QED) is 0.522. The molecule has 0 radical (unpaired) electrons. The van der Waals surface area contributed by atoms with Crippen LogP contribution < -0.4 is 14.8 Å². The second-order valence-corrected chi connectivity index (χ2v) is 7.92. The molecule has 2 aromatic carbocycles. The number of thioether (sulfide) groups is 1. The lowest BCUT2D eigenvalue weighted by Gasteiger charge is -2.13. The zero-order chi connectivity index (χ0) is 24.0. The summed E-state index contributed by atoms with van der Waals surface area (Å²) in [6.07, 6.45) is 2.36. The van der Waals surface area contributed by atoms with Gasteiger partial charge in [0, 0.05) is 6.07 Å². The number of hydrogen-bond acceptors (Lipinski definition) is 6. The highest BCUT2D eigenvalue weighted by molar-refractivity contribution is 8.18. The molecule has 33 heavy (non-hydrogen) atoms. The monoisotopic (exact) mass is 476 g/mol. The van der Waals surface area contributed by atoms with Crippen LogP contribution in [0.2, 0.25) is 0 Å². The molecule has 1 aliphatic rings. The summed E-state index contributed by atoms with van der Waals surface area (Å²) < 4.78 is 38.0. The summed E-state index contributed by atoms with van der Waals surface area (Å²) in [6, 6.07) is 7.81. The third-order valence-electron chi connectivity index (χ3n) is 4.41. The Morgan fingerprint density at radius 2 is 1.88 bits per heavy atom. The minimum absolute atomic E-state index is 0.130. The average molecular weight is 477 g/mol. The Balaban J connectivity index is 1.72. The fraction of sp³-hybridized carbons (Fsp3) is 0.261. The Bertz CT molecular complexity index is 1110. The SMILES string of the molecule is CCCOc1ccc(C=C2SC(=O)N(CC(=O)Nc3ccc(F)cc3F)C2=O)cc1OCC. The first-order valence-electron chi connectivity index (χ1n) is 10.2. The van der Waals surface area contributed by atoms with Crippen molar-refractivity contribution < 1.29 is 32.6 Å². The van der Waals surface area contributed by atoms with Gasteiger partial charge in [0.05, 0.1) is 23.8 Å². The van der Waals surface area contributed by atoms with E-state index in [0.29, 0.717) is 48.1 Å². The smallest absolute Gasteiger partial charge is 0.294 e. The van der Waals surface area contributed by atoms with Crippen molar-refractivity contribution in [3.8, 4) is 11.5 Å². The van der Waals surface area contributed by atoms with Gasteiger partial charge in [-0.3, -0.25) is 19.3 Å². The van der Waals surface area contributed by atoms with Gasteiger partial charge in [0.15, 0.2) is 11.5 Å². The Kier molecular flexibility index (Phi) is 8.05. The van der Waals surface area contributed by atoms with Gasteiger partial charge in [-0.1, -0.05) is 13.0 Å². The maximum absolute atomic E-state index is 13.7. The molecule has 1 N–H and O–H groups in total. The summed E-state index contributed by atoms with van der Waals surface area (Å²) in [5, 5.41) is 1.60. The minimum atomic E-state index is -0.964. The molecule has 0 aliphatic carbocycles. The van der Waals surface area contributed by atoms with Crippen molar-refractivity contribution in [2.24, 2.45) is 0 Å². The summed E-state index contributed by atoms with van der Waals surface area (Å²) in [4.78, 5) is 38.1. The van der Waals surface area contributed by atoms with Crippen molar-refractivity contribution in [3.63, 3.8) is 0 Å². The summed E-state index contributed by atoms with van der Waals surface area (Å²) in [6.45, 7) is 4.17. The van der Waals surface area contributed by atoms with Gasteiger partial charge >= 0.3 is 0 Å². The Labute approximate surface area is 193 Å². The van der Waals surface area contributed by atoms with Crippen molar-refractivity contribution >= 4 is 40.6 Å². The highest BCUT2D eigenvalue weighted by Gasteiger charge is 2.36. The topological polar surface area (TPSA) is 84.9 Å². The maximum atomic E-state index is 13.7. The van der Waals surface area contributed by atoms with Crippen molar-refractivity contribution in [3.05, 3.63) is 58.5 Å². The Morgan fingerprint density at radius 3 is 2.58 bits per heavy atom. The van der Waals surface area contributed by atoms with E-state index < -0.39 is 35.2 Å². The number of amides is 3. The molecule has 1 aliphatic heterocycles. The van der Waals surface area contributed by atoms with Gasteiger partial charge in [-0.05, 0) is 61.0 Å². The molecule has 0 aromatic heterocycles. The van der Waals surface area contributed by atoms with Crippen LogP contribution >= 0.6 is 11.8 Å². The maximum Gasteiger partial charge on any atom is 0.294 e. The van der Waals surface area contributed by atoms with Crippen LogP contribution in [0.1, 0.15) is 25.8 Å². The Hall–Kier alpha value is -3.40. The van der Waals surface area contributed by atoms with Crippen LogP contribution in [0.3, 0.4) is 0 Å². The lowest BCUT2D eigenvalue weighted by Crippen LogP contribution is -2.36. The van der Waals surface area contributed by atoms with Crippen molar-refractivity contribution in [1.82, 2.24) is 4.90 Å². The van der Waals surface area contributed by atoms with Crippen molar-refractivity contribution in [2.45, 2.75) is 20.3 Å². The summed E-state index contributed by atoms with van der Waals surface area (Å²) in [5.74, 6) is -2.11. The lowest BCUT2D eigenvalue weighted by atomic mass is 10.2. The fourth-order valence-electron chi connectivity index (χ4n) is 2.93. The number of carbonyl (C=O) groups is 3. The van der Waals surface area contributed by atoms with Gasteiger partial charge in [0.2, 0.25) is 5.91 Å². The molecule has 0 saturated carbocycles. The molecule has 2 aromatic rings. The van der Waals surface area contributed by atoms with Crippen molar-refractivity contribution in [2.75, 3.05) is 25.1 Å². The van der Waals surface area contributed by atoms with Gasteiger partial charge in [-0.15, -0.1) is 0 Å². The van der Waals surface area contributed by atoms with E-state index in [1.54, 1.807) is 18.2 Å². The number of imide groups is 1. The van der Waals surface area contributed by atoms with E-state index in [1.807, 2.05) is 13.8 Å². The predicted octanol–water partition coefficient (Wildman–Crippen LogP) is 4.83. The van der Waals surface area contributed by atoms with Crippen LogP contribution in [0.4, 0.5) is 19.3 Å². The molecule has 10 heteroatoms. The molecule has 1 saturated heterocycles. The number of benzene rings is 2. The van der Waals surface area contributed by atoms with Crippen LogP contribution in [0.5, 0.6) is 11.5 Å². The molecule has 3 rings (SSSR count). The Morgan fingerprint density at radius 1 is 1.09 bits per heavy atom. The second-order valence-electron chi connectivity index (χ2n) is 6.93. The van der Waals surface area contributed by atoms with E-state index in [2.05, 4.69) is 5.32 Å². The average Bonchev–Trinajstić information content (AvgIpc) is 3.02. The van der Waals surface area contributed by atoms with Gasteiger partial charge in [-0.25, -0.2) is 8.78 Å². The van der Waals surface area contributed by atoms with E-state index in [-0.39, 0.29) is 10.6 Å². The zero-order valence-corrected chi connectivity index (χ0v) is 18.8. The molecular formula is C23H22F2N2O5S. The summed E-state index contributed by atoms with van der Waals surface area (Å²) in [5.41, 5.74) is 0.364. The van der Waals surface area contributed by atoms with E-state index >= 15 is 0 Å². The first-order valence-corrected chi connectivity index (χ1v) is 11.0. The summed E-state index contributed by atoms with van der Waals surface area (Å²) in [7, 11) is 0. The molecule has 7 nitrogen and oxygen atoms in total. The minimum Gasteiger partial charge on any atom is -0.490 e. The first kappa shape index (κ1) is 24.2. The van der Waals surface area contributed by atoms with Crippen LogP contribution in [-0.4, -0.2) is 41.7 Å². The molecule has 0 spiro atoms. The fourth-order valence-corrected chi connectivity index (χ4v) is 3.76. The third-order valence-corrected chi connectivity index (χ3v) is 5.31. The molecule has 1 heterocycles. The van der Waals surface area contributed by atoms with Gasteiger partial charge < -0.3 is 14.8 Å². The molecule has 3 amide bonds. The van der Waals surface area contributed by atoms with Gasteiger partial charge in [0.25, 0.3) is 11.1 Å². The first-order chi connectivity index (χ1) is 15.8. The second kappa shape index (κ2) is 11.0. The largest absolute Gasteiger partial charge is 0.490 e. The number of ether oxygens (including phenoxy) is 2. The molecule has 0 atom stereocenters. The number of nitrogens with one attached hydrogen (secondary N) is 1. The highest BCUT2D eigenvalue weighted by atomic mass is 32.2. The summed E-state index contributed by atoms with van der Waals surface area (Å²) >= 11 is 0.690. The molecule has 174 valence electrons. The number of rotatable bonds is 9. The van der Waals surface area contributed by atoms with E-state index in [4.69, 9.17) is 9.47 Å². The van der Waals surface area contributed by atoms with E-state index in [0.717, 1.165) is 23.5 Å². The molecule has 0 bridgehead atoms. The number of anilines is 1. The number of nitrogens with zero attached hydrogens (tertiary/aromatic N) is 1. The van der Waals surface area contributed by atoms with Crippen molar-refractivity contribution in [1.29, 1.82) is 0 Å². The zero-order valence-electron chi connectivity index (χ0n) is 18.0. The molecular weight excluding hydrogens is 454 g/mol. The lowest BCUT2D eigenvalue weighted by molar-refractivity contribution is -0.127. The van der Waals surface area contributed by atoms with Gasteiger partial charge in [-0.2, -0.15) is 0 Å². The molecule has 0 unspecified atom stereocenters. The predicted molar refractivity (Wildman–Crippen MR) is 121 cm³/mol. The van der Waals surface area contributed by atoms with Crippen LogP contribution in [-0.2, 0) is 9.59 Å². The third kappa shape index (κ3) is 6.10. The van der Waals surface area contributed by atoms with E-state index in [1.165, 1.54) is 6.08 Å². The van der Waals surface area contributed by atoms with Crippen LogP contribution in [0.25, 0.3) is 6.08 Å². The number of hydrogen-bond donors (Lipinski definition) is 1. The number of carbonyl (C=O) groups excluding carboxylic acids is 3. The van der Waals surface area contributed by atoms with E-state index in [9.17, 15) is 23.2 Å². The highest BCUT2D eigenvalue weighted by Crippen LogP contribution is 2.34.